The topological polar surface area (TPSA) is 61.6 Å². The summed E-state index contributed by atoms with van der Waals surface area (Å²) in [5.41, 5.74) is 5.56. The smallest absolute Gasteiger partial charge is 0.231 e. The van der Waals surface area contributed by atoms with Crippen molar-refractivity contribution >= 4 is 17.5 Å². The van der Waals surface area contributed by atoms with Crippen LogP contribution >= 0.6 is 11.6 Å². The van der Waals surface area contributed by atoms with Gasteiger partial charge >= 0.3 is 0 Å². The molecule has 0 spiro atoms. The molecule has 0 fully saturated rings. The van der Waals surface area contributed by atoms with Gasteiger partial charge in [0, 0.05) is 17.7 Å². The molecular weight excluding hydrogens is 230 g/mol. The number of primary amides is 1. The number of benzene rings is 1. The van der Waals surface area contributed by atoms with Crippen molar-refractivity contribution in [1.82, 2.24) is 0 Å². The summed E-state index contributed by atoms with van der Waals surface area (Å²) >= 11 is 5.97. The third-order valence-electron chi connectivity index (χ3n) is 1.95. The van der Waals surface area contributed by atoms with E-state index >= 15 is 0 Å². The highest BCUT2D eigenvalue weighted by atomic mass is 35.5. The molecule has 0 atom stereocenters. The summed E-state index contributed by atoms with van der Waals surface area (Å²) in [5, 5.41) is 0.459. The van der Waals surface area contributed by atoms with Crippen LogP contribution in [-0.2, 0) is 4.79 Å². The highest BCUT2D eigenvalue weighted by Gasteiger charge is 2.15. The lowest BCUT2D eigenvalue weighted by atomic mass is 10.2. The lowest BCUT2D eigenvalue weighted by Crippen LogP contribution is -2.08. The van der Waals surface area contributed by atoms with Gasteiger partial charge in [0.25, 0.3) is 0 Å². The van der Waals surface area contributed by atoms with Gasteiger partial charge in [0.15, 0.2) is 11.5 Å². The van der Waals surface area contributed by atoms with Crippen LogP contribution in [0.3, 0.4) is 0 Å². The normalized spacial score (nSPS) is 11.8. The molecule has 0 saturated carbocycles. The zero-order valence-corrected chi connectivity index (χ0v) is 9.00. The van der Waals surface area contributed by atoms with E-state index in [1.807, 2.05) is 0 Å². The maximum absolute atomic E-state index is 10.5. The summed E-state index contributed by atoms with van der Waals surface area (Å²) in [5.74, 6) is 6.12. The molecule has 1 aromatic carbocycles. The second-order valence-electron chi connectivity index (χ2n) is 3.13. The fraction of sp³-hybridized carbons (Fsp3) is 0.182. The number of hydrogen-bond acceptors (Lipinski definition) is 3. The second-order valence-corrected chi connectivity index (χ2v) is 3.54. The number of hydrogen-bond donors (Lipinski definition) is 1. The fourth-order valence-corrected chi connectivity index (χ4v) is 1.44. The number of nitrogens with two attached hydrogens (primary N) is 1. The first-order valence-corrected chi connectivity index (χ1v) is 4.91. The van der Waals surface area contributed by atoms with Crippen molar-refractivity contribution in [3.63, 3.8) is 0 Å². The van der Waals surface area contributed by atoms with E-state index in [9.17, 15) is 4.79 Å². The first kappa shape index (κ1) is 10.7. The zero-order valence-electron chi connectivity index (χ0n) is 8.25. The fourth-order valence-electron chi connectivity index (χ4n) is 1.24. The SMILES string of the molecule is NC(=O)CC#Cc1cc2c(cc1Cl)OCO2. The molecule has 4 nitrogen and oxygen atoms in total. The lowest BCUT2D eigenvalue weighted by Gasteiger charge is -1.99. The van der Waals surface area contributed by atoms with Crippen molar-refractivity contribution in [2.75, 3.05) is 6.79 Å². The number of halogens is 1. The van der Waals surface area contributed by atoms with Crippen molar-refractivity contribution in [2.45, 2.75) is 6.42 Å². The van der Waals surface area contributed by atoms with Gasteiger partial charge in [-0.3, -0.25) is 4.79 Å². The van der Waals surface area contributed by atoms with Crippen LogP contribution in [0, 0.1) is 11.8 Å². The minimum absolute atomic E-state index is 0.00473. The number of rotatable bonds is 1. The standard InChI is InChI=1S/C11H8ClNO3/c12-8-5-10-9(15-6-16-10)4-7(8)2-1-3-11(13)14/h4-5H,3,6H2,(H2,13,14). The molecule has 0 aromatic heterocycles. The van der Waals surface area contributed by atoms with E-state index in [0.29, 0.717) is 22.1 Å². The Hall–Kier alpha value is -1.86. The third-order valence-corrected chi connectivity index (χ3v) is 2.26. The number of amides is 1. The summed E-state index contributed by atoms with van der Waals surface area (Å²) in [6.07, 6.45) is 0.00473. The molecule has 1 heterocycles. The average molecular weight is 238 g/mol. The summed E-state index contributed by atoms with van der Waals surface area (Å²) < 4.78 is 10.3. The summed E-state index contributed by atoms with van der Waals surface area (Å²) in [6, 6.07) is 3.32. The molecule has 0 bridgehead atoms. The van der Waals surface area contributed by atoms with Crippen LogP contribution in [0.5, 0.6) is 11.5 Å². The molecule has 1 aliphatic heterocycles. The van der Waals surface area contributed by atoms with Crippen molar-refractivity contribution < 1.29 is 14.3 Å². The van der Waals surface area contributed by atoms with Crippen LogP contribution in [-0.4, -0.2) is 12.7 Å². The Morgan fingerprint density at radius 2 is 2.12 bits per heavy atom. The molecule has 1 amide bonds. The molecule has 16 heavy (non-hydrogen) atoms. The van der Waals surface area contributed by atoms with Gasteiger partial charge < -0.3 is 15.2 Å². The van der Waals surface area contributed by atoms with Crippen molar-refractivity contribution in [1.29, 1.82) is 0 Å². The van der Waals surface area contributed by atoms with E-state index in [4.69, 9.17) is 26.8 Å². The van der Waals surface area contributed by atoms with Gasteiger partial charge in [0.1, 0.15) is 0 Å². The average Bonchev–Trinajstić information content (AvgIpc) is 2.64. The number of carbonyl (C=O) groups excluding carboxylic acids is 1. The van der Waals surface area contributed by atoms with Crippen LogP contribution < -0.4 is 15.2 Å². The molecule has 2 N–H and O–H groups in total. The maximum Gasteiger partial charge on any atom is 0.231 e. The predicted octanol–water partition coefficient (Wildman–Crippen LogP) is 1.30. The molecule has 0 saturated heterocycles. The van der Waals surface area contributed by atoms with Crippen molar-refractivity contribution in [3.8, 4) is 23.3 Å². The molecule has 0 unspecified atom stereocenters. The van der Waals surface area contributed by atoms with Gasteiger partial charge in [-0.25, -0.2) is 0 Å². The number of carbonyl (C=O) groups is 1. The van der Waals surface area contributed by atoms with E-state index in [2.05, 4.69) is 11.8 Å². The van der Waals surface area contributed by atoms with Crippen LogP contribution in [0.1, 0.15) is 12.0 Å². The van der Waals surface area contributed by atoms with E-state index in [-0.39, 0.29) is 13.2 Å². The largest absolute Gasteiger partial charge is 0.454 e. The molecule has 0 radical (unpaired) electrons. The number of ether oxygens (including phenoxy) is 2. The van der Waals surface area contributed by atoms with Crippen LogP contribution in [0.2, 0.25) is 5.02 Å². The molecule has 5 heteroatoms. The molecule has 1 aliphatic rings. The first-order chi connectivity index (χ1) is 7.66. The van der Waals surface area contributed by atoms with Gasteiger partial charge in [-0.05, 0) is 0 Å². The van der Waals surface area contributed by atoms with Gasteiger partial charge in [-0.15, -0.1) is 0 Å². The van der Waals surface area contributed by atoms with E-state index in [1.165, 1.54) is 0 Å². The Labute approximate surface area is 97.3 Å². The van der Waals surface area contributed by atoms with Gasteiger partial charge in [-0.2, -0.15) is 0 Å². The Bertz CT molecular complexity index is 502. The Kier molecular flexibility index (Phi) is 2.88. The summed E-state index contributed by atoms with van der Waals surface area (Å²) in [4.78, 5) is 10.5. The maximum atomic E-state index is 10.5. The highest BCUT2D eigenvalue weighted by Crippen LogP contribution is 2.36. The third kappa shape index (κ3) is 2.20. The summed E-state index contributed by atoms with van der Waals surface area (Å²) in [6.45, 7) is 0.184. The quantitative estimate of drug-likeness (QED) is 0.749. The lowest BCUT2D eigenvalue weighted by molar-refractivity contribution is -0.117. The zero-order chi connectivity index (χ0) is 11.5. The van der Waals surface area contributed by atoms with E-state index < -0.39 is 5.91 Å². The minimum Gasteiger partial charge on any atom is -0.454 e. The molecule has 0 aliphatic carbocycles. The Morgan fingerprint density at radius 1 is 1.44 bits per heavy atom. The minimum atomic E-state index is -0.468. The second kappa shape index (κ2) is 4.33. The van der Waals surface area contributed by atoms with Crippen LogP contribution in [0.25, 0.3) is 0 Å². The monoisotopic (exact) mass is 237 g/mol. The first-order valence-electron chi connectivity index (χ1n) is 4.53. The molecular formula is C11H8ClNO3. The van der Waals surface area contributed by atoms with Gasteiger partial charge in [0.2, 0.25) is 12.7 Å². The summed E-state index contributed by atoms with van der Waals surface area (Å²) in [7, 11) is 0. The Morgan fingerprint density at radius 3 is 2.81 bits per heavy atom. The van der Waals surface area contributed by atoms with E-state index in [0.717, 1.165) is 0 Å². The number of fused-ring (bicyclic) bond motifs is 1. The van der Waals surface area contributed by atoms with Gasteiger partial charge in [-0.1, -0.05) is 23.4 Å². The highest BCUT2D eigenvalue weighted by molar-refractivity contribution is 6.32. The van der Waals surface area contributed by atoms with Crippen molar-refractivity contribution in [3.05, 3.63) is 22.7 Å². The van der Waals surface area contributed by atoms with E-state index in [1.54, 1.807) is 12.1 Å². The van der Waals surface area contributed by atoms with Crippen LogP contribution in [0.15, 0.2) is 12.1 Å². The van der Waals surface area contributed by atoms with Gasteiger partial charge in [0.05, 0.1) is 11.4 Å². The Balaban J connectivity index is 2.27. The molecule has 1 aromatic rings. The molecule has 2 rings (SSSR count). The van der Waals surface area contributed by atoms with Crippen LogP contribution in [0.4, 0.5) is 0 Å². The predicted molar refractivity (Wildman–Crippen MR) is 58.3 cm³/mol. The molecule has 82 valence electrons. The van der Waals surface area contributed by atoms with Crippen molar-refractivity contribution in [2.24, 2.45) is 5.73 Å².